The lowest BCUT2D eigenvalue weighted by Gasteiger charge is -2.22. The van der Waals surface area contributed by atoms with Gasteiger partial charge in [0.15, 0.2) is 5.00 Å². The molecule has 0 amide bonds. The lowest BCUT2D eigenvalue weighted by Crippen LogP contribution is -2.26. The first-order valence-electron chi connectivity index (χ1n) is 7.90. The van der Waals surface area contributed by atoms with E-state index in [9.17, 15) is 0 Å². The molecule has 0 spiro atoms. The topological polar surface area (TPSA) is 73.9 Å². The Labute approximate surface area is 146 Å². The van der Waals surface area contributed by atoms with Crippen molar-refractivity contribution < 1.29 is 4.74 Å². The van der Waals surface area contributed by atoms with Crippen LogP contribution in [0.25, 0.3) is 0 Å². The van der Waals surface area contributed by atoms with Gasteiger partial charge in [-0.25, -0.2) is 0 Å². The quantitative estimate of drug-likeness (QED) is 0.518. The Morgan fingerprint density at radius 1 is 1.25 bits per heavy atom. The normalized spacial score (nSPS) is 10.9. The summed E-state index contributed by atoms with van der Waals surface area (Å²) in [6.07, 6.45) is 0. The van der Waals surface area contributed by atoms with Crippen LogP contribution in [0.4, 0.5) is 16.4 Å². The Morgan fingerprint density at radius 3 is 2.62 bits per heavy atom. The molecule has 0 aliphatic heterocycles. The summed E-state index contributed by atoms with van der Waals surface area (Å²) in [5.41, 5.74) is 3.06. The summed E-state index contributed by atoms with van der Waals surface area (Å²) < 4.78 is 9.55. The van der Waals surface area contributed by atoms with Gasteiger partial charge in [-0.2, -0.15) is 9.64 Å². The van der Waals surface area contributed by atoms with Crippen LogP contribution in [-0.4, -0.2) is 30.7 Å². The van der Waals surface area contributed by atoms with Crippen molar-refractivity contribution in [1.82, 2.24) is 4.37 Å². The van der Waals surface area contributed by atoms with Crippen molar-refractivity contribution in [3.8, 4) is 6.07 Å². The van der Waals surface area contributed by atoms with Gasteiger partial charge in [-0.15, -0.1) is 10.2 Å². The van der Waals surface area contributed by atoms with Crippen molar-refractivity contribution in [2.75, 3.05) is 31.2 Å². The van der Waals surface area contributed by atoms with Gasteiger partial charge in [-0.1, -0.05) is 0 Å². The number of benzene rings is 1. The second-order valence-electron chi connectivity index (χ2n) is 5.05. The Kier molecular flexibility index (Phi) is 6.85. The molecule has 0 N–H and O–H groups in total. The molecule has 1 aromatic carbocycles. The van der Waals surface area contributed by atoms with Gasteiger partial charge in [0.25, 0.3) is 0 Å². The zero-order valence-electron chi connectivity index (χ0n) is 14.2. The maximum absolute atomic E-state index is 9.10. The Morgan fingerprint density at radius 2 is 2.00 bits per heavy atom. The van der Waals surface area contributed by atoms with Crippen LogP contribution in [0.1, 0.15) is 25.1 Å². The Balaban J connectivity index is 2.06. The first-order chi connectivity index (χ1) is 11.7. The monoisotopic (exact) mass is 343 g/mol. The average Bonchev–Trinajstić information content (AvgIpc) is 2.97. The number of rotatable bonds is 8. The number of anilines is 1. The van der Waals surface area contributed by atoms with E-state index in [0.717, 1.165) is 31.1 Å². The van der Waals surface area contributed by atoms with Gasteiger partial charge in [-0.3, -0.25) is 0 Å². The van der Waals surface area contributed by atoms with Gasteiger partial charge < -0.3 is 9.64 Å². The number of nitriles is 1. The van der Waals surface area contributed by atoms with Crippen molar-refractivity contribution in [3.63, 3.8) is 0 Å². The van der Waals surface area contributed by atoms with Crippen LogP contribution in [-0.2, 0) is 4.74 Å². The lowest BCUT2D eigenvalue weighted by atomic mass is 10.2. The zero-order chi connectivity index (χ0) is 17.4. The van der Waals surface area contributed by atoms with Crippen molar-refractivity contribution >= 4 is 27.9 Å². The summed E-state index contributed by atoms with van der Waals surface area (Å²) in [4.78, 5) is 2.25. The fraction of sp³-hybridized carbons (Fsp3) is 0.412. The molecule has 0 saturated heterocycles. The lowest BCUT2D eigenvalue weighted by molar-refractivity contribution is 0.154. The minimum Gasteiger partial charge on any atom is -0.380 e. The summed E-state index contributed by atoms with van der Waals surface area (Å²) in [5, 5.41) is 18.0. The highest BCUT2D eigenvalue weighted by molar-refractivity contribution is 7.10. The number of nitrogens with zero attached hydrogens (tertiary/aromatic N) is 5. The molecule has 0 aliphatic rings. The Hall–Kier alpha value is -2.30. The standard InChI is InChI=1S/C17H21N5OS/c1-4-22(10-11-23-5-2)15-8-6-14(7-9-15)19-20-17-16(12-18)13(3)21-24-17/h6-9H,4-5,10-11H2,1-3H3. The summed E-state index contributed by atoms with van der Waals surface area (Å²) in [5.74, 6) is 0. The minimum atomic E-state index is 0.494. The average molecular weight is 343 g/mol. The van der Waals surface area contributed by atoms with Crippen LogP contribution in [0.15, 0.2) is 34.5 Å². The molecule has 0 bridgehead atoms. The highest BCUT2D eigenvalue weighted by Gasteiger charge is 2.09. The number of likely N-dealkylation sites (N-methyl/N-ethyl adjacent to an activating group) is 1. The van der Waals surface area contributed by atoms with Gasteiger partial charge in [0.05, 0.1) is 18.0 Å². The molecule has 0 saturated carbocycles. The number of hydrogen-bond acceptors (Lipinski definition) is 7. The molecule has 1 aromatic heterocycles. The molecule has 7 heteroatoms. The molecule has 2 rings (SSSR count). The van der Waals surface area contributed by atoms with Crippen LogP contribution in [0.2, 0.25) is 0 Å². The first kappa shape index (κ1) is 18.0. The maximum atomic E-state index is 9.10. The van der Waals surface area contributed by atoms with Gasteiger partial charge in [0.1, 0.15) is 11.6 Å². The van der Waals surface area contributed by atoms with Crippen LogP contribution < -0.4 is 4.90 Å². The van der Waals surface area contributed by atoms with E-state index >= 15 is 0 Å². The van der Waals surface area contributed by atoms with Gasteiger partial charge in [0, 0.05) is 25.4 Å². The second kappa shape index (κ2) is 9.11. The van der Waals surface area contributed by atoms with Crippen molar-refractivity contribution in [3.05, 3.63) is 35.5 Å². The number of aromatic nitrogens is 1. The second-order valence-corrected chi connectivity index (χ2v) is 5.80. The fourth-order valence-corrected chi connectivity index (χ4v) is 2.85. The van der Waals surface area contributed by atoms with Crippen molar-refractivity contribution in [2.45, 2.75) is 20.8 Å². The number of azo groups is 1. The predicted molar refractivity (Wildman–Crippen MR) is 96.6 cm³/mol. The predicted octanol–water partition coefficient (Wildman–Crippen LogP) is 4.60. The van der Waals surface area contributed by atoms with Gasteiger partial charge >= 0.3 is 0 Å². The van der Waals surface area contributed by atoms with E-state index in [2.05, 4.69) is 32.5 Å². The largest absolute Gasteiger partial charge is 0.380 e. The van der Waals surface area contributed by atoms with E-state index in [-0.39, 0.29) is 0 Å². The van der Waals surface area contributed by atoms with E-state index in [1.807, 2.05) is 31.2 Å². The highest BCUT2D eigenvalue weighted by atomic mass is 32.1. The van der Waals surface area contributed by atoms with E-state index in [1.165, 1.54) is 11.5 Å². The first-order valence-corrected chi connectivity index (χ1v) is 8.67. The van der Waals surface area contributed by atoms with Crippen molar-refractivity contribution in [2.24, 2.45) is 10.2 Å². The third-order valence-corrected chi connectivity index (χ3v) is 4.34. The molecule has 0 aliphatic carbocycles. The van der Waals surface area contributed by atoms with E-state index in [0.29, 0.717) is 22.9 Å². The molecule has 24 heavy (non-hydrogen) atoms. The number of ether oxygens (including phenoxy) is 1. The summed E-state index contributed by atoms with van der Waals surface area (Å²) in [6.45, 7) is 9.14. The number of aryl methyl sites for hydroxylation is 1. The molecule has 6 nitrogen and oxygen atoms in total. The van der Waals surface area contributed by atoms with Gasteiger partial charge in [0.2, 0.25) is 0 Å². The summed E-state index contributed by atoms with van der Waals surface area (Å²) in [7, 11) is 0. The van der Waals surface area contributed by atoms with Crippen LogP contribution >= 0.6 is 11.5 Å². The third-order valence-electron chi connectivity index (χ3n) is 3.52. The maximum Gasteiger partial charge on any atom is 0.176 e. The molecular formula is C17H21N5OS. The molecule has 2 aromatic rings. The van der Waals surface area contributed by atoms with Crippen LogP contribution in [0.3, 0.4) is 0 Å². The van der Waals surface area contributed by atoms with Crippen molar-refractivity contribution in [1.29, 1.82) is 5.26 Å². The minimum absolute atomic E-state index is 0.494. The Bertz CT molecular complexity index is 718. The van der Waals surface area contributed by atoms with Gasteiger partial charge in [-0.05, 0) is 56.6 Å². The van der Waals surface area contributed by atoms with Crippen LogP contribution in [0.5, 0.6) is 0 Å². The SMILES string of the molecule is CCOCCN(CC)c1ccc(N=Nc2snc(C)c2C#N)cc1. The molecule has 1 heterocycles. The smallest absolute Gasteiger partial charge is 0.176 e. The highest BCUT2D eigenvalue weighted by Crippen LogP contribution is 2.29. The van der Waals surface area contributed by atoms with E-state index in [1.54, 1.807) is 6.92 Å². The van der Waals surface area contributed by atoms with E-state index in [4.69, 9.17) is 10.00 Å². The summed E-state index contributed by atoms with van der Waals surface area (Å²) in [6, 6.07) is 9.99. The molecule has 126 valence electrons. The third kappa shape index (κ3) is 4.60. The summed E-state index contributed by atoms with van der Waals surface area (Å²) >= 11 is 1.19. The van der Waals surface area contributed by atoms with Crippen LogP contribution in [0, 0.1) is 18.3 Å². The molecule has 0 atom stereocenters. The fourth-order valence-electron chi connectivity index (χ4n) is 2.18. The molecule has 0 radical (unpaired) electrons. The number of hydrogen-bond donors (Lipinski definition) is 0. The molecule has 0 unspecified atom stereocenters. The zero-order valence-corrected chi connectivity index (χ0v) is 15.0. The van der Waals surface area contributed by atoms with E-state index < -0.39 is 0 Å². The molecule has 0 fully saturated rings. The molecular weight excluding hydrogens is 322 g/mol.